The van der Waals surface area contributed by atoms with Crippen molar-refractivity contribution in [1.82, 2.24) is 15.3 Å². The van der Waals surface area contributed by atoms with Crippen LogP contribution in [-0.2, 0) is 16.0 Å². The van der Waals surface area contributed by atoms with Crippen molar-refractivity contribution in [1.29, 1.82) is 0 Å². The highest BCUT2D eigenvalue weighted by atomic mass is 16.2. The van der Waals surface area contributed by atoms with E-state index in [1.165, 1.54) is 6.92 Å². The standard InChI is InChI=1S/C14H19N3O2/c1-12(18)15-17-9-7-16(8-10-17)14(19)11-13-5-3-2-4-6-13/h2-6H,7-11H2,1H3,(H,15,18). The van der Waals surface area contributed by atoms with Crippen LogP contribution in [0.2, 0.25) is 0 Å². The van der Waals surface area contributed by atoms with Crippen LogP contribution >= 0.6 is 0 Å². The van der Waals surface area contributed by atoms with Gasteiger partial charge in [0, 0.05) is 33.1 Å². The Bertz CT molecular complexity index is 439. The number of nitrogens with one attached hydrogen (secondary N) is 1. The molecule has 0 unspecified atom stereocenters. The van der Waals surface area contributed by atoms with Crippen molar-refractivity contribution in [2.75, 3.05) is 26.2 Å². The summed E-state index contributed by atoms with van der Waals surface area (Å²) in [4.78, 5) is 24.9. The smallest absolute Gasteiger partial charge is 0.231 e. The number of nitrogens with zero attached hydrogens (tertiary/aromatic N) is 2. The van der Waals surface area contributed by atoms with Gasteiger partial charge in [0.15, 0.2) is 0 Å². The Kier molecular flexibility index (Phi) is 4.52. The lowest BCUT2D eigenvalue weighted by atomic mass is 10.1. The number of carbonyl (C=O) groups is 2. The van der Waals surface area contributed by atoms with Gasteiger partial charge in [0.2, 0.25) is 11.8 Å². The second-order valence-corrected chi connectivity index (χ2v) is 4.70. The van der Waals surface area contributed by atoms with Crippen LogP contribution in [0.3, 0.4) is 0 Å². The normalized spacial score (nSPS) is 16.2. The van der Waals surface area contributed by atoms with Crippen molar-refractivity contribution in [3.05, 3.63) is 35.9 Å². The molecule has 1 aromatic rings. The zero-order valence-electron chi connectivity index (χ0n) is 11.1. The summed E-state index contributed by atoms with van der Waals surface area (Å²) in [5, 5.41) is 1.86. The molecule has 1 N–H and O–H groups in total. The first kappa shape index (κ1) is 13.5. The number of benzene rings is 1. The van der Waals surface area contributed by atoms with Gasteiger partial charge in [-0.3, -0.25) is 15.0 Å². The van der Waals surface area contributed by atoms with E-state index in [2.05, 4.69) is 5.43 Å². The Morgan fingerprint density at radius 1 is 1.11 bits per heavy atom. The Hall–Kier alpha value is -1.88. The second-order valence-electron chi connectivity index (χ2n) is 4.70. The molecule has 2 amide bonds. The summed E-state index contributed by atoms with van der Waals surface area (Å²) >= 11 is 0. The maximum Gasteiger partial charge on any atom is 0.231 e. The van der Waals surface area contributed by atoms with Gasteiger partial charge in [-0.25, -0.2) is 5.01 Å². The van der Waals surface area contributed by atoms with Crippen LogP contribution in [0, 0.1) is 0 Å². The van der Waals surface area contributed by atoms with Crippen LogP contribution in [0.25, 0.3) is 0 Å². The van der Waals surface area contributed by atoms with E-state index in [4.69, 9.17) is 0 Å². The number of piperazine rings is 1. The lowest BCUT2D eigenvalue weighted by molar-refractivity contribution is -0.133. The predicted molar refractivity (Wildman–Crippen MR) is 72.1 cm³/mol. The number of carbonyl (C=O) groups excluding carboxylic acids is 2. The molecular formula is C14H19N3O2. The molecule has 19 heavy (non-hydrogen) atoms. The van der Waals surface area contributed by atoms with Crippen molar-refractivity contribution < 1.29 is 9.59 Å². The van der Waals surface area contributed by atoms with Crippen LogP contribution in [0.5, 0.6) is 0 Å². The third-order valence-electron chi connectivity index (χ3n) is 3.15. The molecule has 5 nitrogen and oxygen atoms in total. The third kappa shape index (κ3) is 4.06. The summed E-state index contributed by atoms with van der Waals surface area (Å²) in [7, 11) is 0. The zero-order chi connectivity index (χ0) is 13.7. The first-order valence-electron chi connectivity index (χ1n) is 6.49. The summed E-state index contributed by atoms with van der Waals surface area (Å²) in [6.45, 7) is 4.17. The molecule has 0 spiro atoms. The third-order valence-corrected chi connectivity index (χ3v) is 3.15. The molecule has 5 heteroatoms. The molecule has 0 atom stereocenters. The minimum atomic E-state index is -0.0657. The molecule has 1 aliphatic heterocycles. The number of hydrazine groups is 1. The quantitative estimate of drug-likeness (QED) is 0.858. The molecule has 0 bridgehead atoms. The highest BCUT2D eigenvalue weighted by Crippen LogP contribution is 2.05. The maximum atomic E-state index is 12.1. The van der Waals surface area contributed by atoms with Gasteiger partial charge < -0.3 is 4.90 Å². The first-order valence-corrected chi connectivity index (χ1v) is 6.49. The molecule has 2 rings (SSSR count). The lowest BCUT2D eigenvalue weighted by Crippen LogP contribution is -2.54. The van der Waals surface area contributed by atoms with Crippen LogP contribution in [-0.4, -0.2) is 47.9 Å². The Balaban J connectivity index is 1.81. The van der Waals surface area contributed by atoms with Gasteiger partial charge >= 0.3 is 0 Å². The van der Waals surface area contributed by atoms with Gasteiger partial charge in [-0.2, -0.15) is 0 Å². The molecule has 1 aliphatic rings. The lowest BCUT2D eigenvalue weighted by Gasteiger charge is -2.34. The van der Waals surface area contributed by atoms with Crippen LogP contribution in [0.1, 0.15) is 12.5 Å². The first-order chi connectivity index (χ1) is 9.15. The topological polar surface area (TPSA) is 52.7 Å². The molecule has 1 heterocycles. The summed E-state index contributed by atoms with van der Waals surface area (Å²) in [6.07, 6.45) is 0.445. The molecule has 1 aromatic carbocycles. The molecule has 0 aliphatic carbocycles. The zero-order valence-corrected chi connectivity index (χ0v) is 11.1. The van der Waals surface area contributed by atoms with E-state index in [1.54, 1.807) is 0 Å². The predicted octanol–water partition coefficient (Wildman–Crippen LogP) is 0.424. The number of rotatable bonds is 3. The molecule has 0 saturated carbocycles. The number of hydrogen-bond donors (Lipinski definition) is 1. The molecular weight excluding hydrogens is 242 g/mol. The van der Waals surface area contributed by atoms with Gasteiger partial charge in [-0.05, 0) is 5.56 Å². The fraction of sp³-hybridized carbons (Fsp3) is 0.429. The molecule has 1 fully saturated rings. The van der Waals surface area contributed by atoms with Crippen molar-refractivity contribution in [3.8, 4) is 0 Å². The molecule has 0 radical (unpaired) electrons. The number of hydrogen-bond acceptors (Lipinski definition) is 3. The van der Waals surface area contributed by atoms with Gasteiger partial charge in [0.25, 0.3) is 0 Å². The monoisotopic (exact) mass is 261 g/mol. The highest BCUT2D eigenvalue weighted by Gasteiger charge is 2.21. The minimum Gasteiger partial charge on any atom is -0.340 e. The Labute approximate surface area is 113 Å². The van der Waals surface area contributed by atoms with E-state index in [0.717, 1.165) is 5.56 Å². The molecule has 102 valence electrons. The van der Waals surface area contributed by atoms with E-state index in [0.29, 0.717) is 32.6 Å². The minimum absolute atomic E-state index is 0.0657. The van der Waals surface area contributed by atoms with E-state index in [1.807, 2.05) is 40.2 Å². The van der Waals surface area contributed by atoms with Crippen molar-refractivity contribution in [2.24, 2.45) is 0 Å². The van der Waals surface area contributed by atoms with E-state index in [9.17, 15) is 9.59 Å². The molecule has 1 saturated heterocycles. The Morgan fingerprint density at radius 2 is 1.74 bits per heavy atom. The summed E-state index contributed by atoms with van der Waals surface area (Å²) in [5.41, 5.74) is 3.79. The largest absolute Gasteiger partial charge is 0.340 e. The fourth-order valence-electron chi connectivity index (χ4n) is 2.17. The highest BCUT2D eigenvalue weighted by molar-refractivity contribution is 5.79. The Morgan fingerprint density at radius 3 is 2.32 bits per heavy atom. The average molecular weight is 261 g/mol. The van der Waals surface area contributed by atoms with Crippen LogP contribution < -0.4 is 5.43 Å². The van der Waals surface area contributed by atoms with Crippen LogP contribution in [0.4, 0.5) is 0 Å². The van der Waals surface area contributed by atoms with Crippen molar-refractivity contribution in [3.63, 3.8) is 0 Å². The maximum absolute atomic E-state index is 12.1. The summed E-state index contributed by atoms with van der Waals surface area (Å²) < 4.78 is 0. The van der Waals surface area contributed by atoms with Crippen molar-refractivity contribution >= 4 is 11.8 Å². The van der Waals surface area contributed by atoms with E-state index in [-0.39, 0.29) is 11.8 Å². The van der Waals surface area contributed by atoms with Gasteiger partial charge in [-0.15, -0.1) is 0 Å². The summed E-state index contributed by atoms with van der Waals surface area (Å²) in [6, 6.07) is 9.76. The average Bonchev–Trinajstić information content (AvgIpc) is 2.40. The van der Waals surface area contributed by atoms with Crippen molar-refractivity contribution in [2.45, 2.75) is 13.3 Å². The second kappa shape index (κ2) is 6.33. The SMILES string of the molecule is CC(=O)NN1CCN(C(=O)Cc2ccccc2)CC1. The van der Waals surface area contributed by atoms with E-state index < -0.39 is 0 Å². The van der Waals surface area contributed by atoms with Gasteiger partial charge in [0.1, 0.15) is 0 Å². The van der Waals surface area contributed by atoms with Gasteiger partial charge in [0.05, 0.1) is 6.42 Å². The number of amides is 2. The fourth-order valence-corrected chi connectivity index (χ4v) is 2.17. The van der Waals surface area contributed by atoms with Gasteiger partial charge in [-0.1, -0.05) is 30.3 Å². The summed E-state index contributed by atoms with van der Waals surface area (Å²) in [5.74, 6) is 0.0812. The van der Waals surface area contributed by atoms with Crippen LogP contribution in [0.15, 0.2) is 30.3 Å². The molecule has 0 aromatic heterocycles. The van der Waals surface area contributed by atoms with E-state index >= 15 is 0 Å².